The standard InChI is InChI=1S/C17H16O3S/c1-11-15-9-8-14(20-3)10-16(15)21(18)17(11)12-4-6-13(19-2)7-5-12/h4-10H,1-3H3. The normalized spacial score (nSPS) is 16.8. The van der Waals surface area contributed by atoms with Crippen LogP contribution < -0.4 is 9.47 Å². The van der Waals surface area contributed by atoms with Gasteiger partial charge in [-0.15, -0.1) is 0 Å². The van der Waals surface area contributed by atoms with Crippen LogP contribution in [-0.4, -0.2) is 18.4 Å². The van der Waals surface area contributed by atoms with Crippen LogP contribution >= 0.6 is 0 Å². The fourth-order valence-electron chi connectivity index (χ4n) is 2.53. The first kappa shape index (κ1) is 13.9. The summed E-state index contributed by atoms with van der Waals surface area (Å²) in [4.78, 5) is 1.68. The second kappa shape index (κ2) is 5.37. The van der Waals surface area contributed by atoms with Gasteiger partial charge in [0.05, 0.1) is 34.8 Å². The summed E-state index contributed by atoms with van der Waals surface area (Å²) in [6.45, 7) is 2.01. The molecule has 2 aromatic carbocycles. The zero-order chi connectivity index (χ0) is 15.0. The zero-order valence-electron chi connectivity index (χ0n) is 12.2. The number of fused-ring (bicyclic) bond motifs is 1. The van der Waals surface area contributed by atoms with Crippen molar-refractivity contribution in [2.75, 3.05) is 14.2 Å². The second-order valence-corrected chi connectivity index (χ2v) is 6.20. The van der Waals surface area contributed by atoms with Crippen LogP contribution in [-0.2, 0) is 10.8 Å². The molecule has 1 atom stereocenters. The number of methoxy groups -OCH3 is 2. The monoisotopic (exact) mass is 300 g/mol. The van der Waals surface area contributed by atoms with Gasteiger partial charge in [-0.3, -0.25) is 0 Å². The van der Waals surface area contributed by atoms with Crippen molar-refractivity contribution in [3.05, 3.63) is 53.6 Å². The predicted octanol–water partition coefficient (Wildman–Crippen LogP) is 3.71. The van der Waals surface area contributed by atoms with Crippen LogP contribution in [0.5, 0.6) is 11.5 Å². The highest BCUT2D eigenvalue weighted by Gasteiger charge is 2.27. The third-order valence-electron chi connectivity index (χ3n) is 3.67. The quantitative estimate of drug-likeness (QED) is 0.867. The lowest BCUT2D eigenvalue weighted by molar-refractivity contribution is 0.413. The van der Waals surface area contributed by atoms with Crippen molar-refractivity contribution in [3.8, 4) is 11.5 Å². The van der Waals surface area contributed by atoms with E-state index in [2.05, 4.69) is 0 Å². The number of hydrogen-bond acceptors (Lipinski definition) is 3. The SMILES string of the molecule is COc1ccc(C2=C(C)c3ccc(OC)cc3S2=O)cc1. The average Bonchev–Trinajstić information content (AvgIpc) is 2.78. The highest BCUT2D eigenvalue weighted by Crippen LogP contribution is 2.42. The molecule has 0 saturated heterocycles. The highest BCUT2D eigenvalue weighted by atomic mass is 32.2. The minimum absolute atomic E-state index is 0.728. The Morgan fingerprint density at radius 2 is 1.52 bits per heavy atom. The molecule has 21 heavy (non-hydrogen) atoms. The number of rotatable bonds is 3. The van der Waals surface area contributed by atoms with Gasteiger partial charge in [-0.05, 0) is 54.0 Å². The van der Waals surface area contributed by atoms with E-state index in [-0.39, 0.29) is 0 Å². The molecule has 0 amide bonds. The molecule has 108 valence electrons. The van der Waals surface area contributed by atoms with E-state index < -0.39 is 10.8 Å². The summed E-state index contributed by atoms with van der Waals surface area (Å²) in [5.41, 5.74) is 3.04. The first-order valence-corrected chi connectivity index (χ1v) is 7.76. The number of benzene rings is 2. The smallest absolute Gasteiger partial charge is 0.120 e. The summed E-state index contributed by atoms with van der Waals surface area (Å²) < 4.78 is 23.2. The maximum atomic E-state index is 12.8. The average molecular weight is 300 g/mol. The van der Waals surface area contributed by atoms with Gasteiger partial charge in [0, 0.05) is 0 Å². The Bertz CT molecular complexity index is 745. The summed E-state index contributed by atoms with van der Waals surface area (Å²) in [6.07, 6.45) is 0. The fraction of sp³-hybridized carbons (Fsp3) is 0.176. The first-order valence-electron chi connectivity index (χ1n) is 6.61. The fourth-order valence-corrected chi connectivity index (χ4v) is 4.13. The van der Waals surface area contributed by atoms with Gasteiger partial charge < -0.3 is 9.47 Å². The molecule has 1 aliphatic heterocycles. The molecule has 2 aromatic rings. The predicted molar refractivity (Wildman–Crippen MR) is 84.9 cm³/mol. The Balaban J connectivity index is 2.08. The lowest BCUT2D eigenvalue weighted by Gasteiger charge is -2.05. The zero-order valence-corrected chi connectivity index (χ0v) is 13.0. The molecule has 0 bridgehead atoms. The van der Waals surface area contributed by atoms with Crippen molar-refractivity contribution in [3.63, 3.8) is 0 Å². The minimum atomic E-state index is -1.18. The first-order chi connectivity index (χ1) is 10.2. The Kier molecular flexibility index (Phi) is 3.55. The molecule has 1 unspecified atom stereocenters. The summed E-state index contributed by atoms with van der Waals surface area (Å²) in [6, 6.07) is 13.4. The lowest BCUT2D eigenvalue weighted by Crippen LogP contribution is -1.93. The van der Waals surface area contributed by atoms with E-state index in [1.165, 1.54) is 0 Å². The molecule has 0 aromatic heterocycles. The van der Waals surface area contributed by atoms with Crippen molar-refractivity contribution in [2.45, 2.75) is 11.8 Å². The maximum absolute atomic E-state index is 12.8. The molecule has 4 heteroatoms. The molecule has 3 nitrogen and oxygen atoms in total. The minimum Gasteiger partial charge on any atom is -0.497 e. The van der Waals surface area contributed by atoms with E-state index >= 15 is 0 Å². The molecule has 3 rings (SSSR count). The van der Waals surface area contributed by atoms with Crippen LogP contribution in [0.4, 0.5) is 0 Å². The van der Waals surface area contributed by atoms with Crippen LogP contribution in [0.2, 0.25) is 0 Å². The number of ether oxygens (including phenoxy) is 2. The van der Waals surface area contributed by atoms with Gasteiger partial charge in [-0.2, -0.15) is 0 Å². The van der Waals surface area contributed by atoms with Crippen molar-refractivity contribution in [1.29, 1.82) is 0 Å². The number of hydrogen-bond donors (Lipinski definition) is 0. The molecule has 1 heterocycles. The van der Waals surface area contributed by atoms with Crippen LogP contribution in [0.15, 0.2) is 47.4 Å². The van der Waals surface area contributed by atoms with Gasteiger partial charge >= 0.3 is 0 Å². The third kappa shape index (κ3) is 2.25. The molecule has 0 aliphatic carbocycles. The van der Waals surface area contributed by atoms with E-state index in [1.807, 2.05) is 49.4 Å². The van der Waals surface area contributed by atoms with E-state index in [0.29, 0.717) is 0 Å². The van der Waals surface area contributed by atoms with Gasteiger partial charge in [-0.1, -0.05) is 12.1 Å². The second-order valence-electron chi connectivity index (χ2n) is 4.81. The summed E-state index contributed by atoms with van der Waals surface area (Å²) in [5, 5.41) is 0. The molecule has 0 radical (unpaired) electrons. The van der Waals surface area contributed by atoms with E-state index in [4.69, 9.17) is 9.47 Å². The number of allylic oxidation sites excluding steroid dienone is 1. The molecule has 1 aliphatic rings. The van der Waals surface area contributed by atoms with Gasteiger partial charge in [0.2, 0.25) is 0 Å². The van der Waals surface area contributed by atoms with Gasteiger partial charge in [0.15, 0.2) is 0 Å². The van der Waals surface area contributed by atoms with Crippen LogP contribution in [0.25, 0.3) is 10.5 Å². The highest BCUT2D eigenvalue weighted by molar-refractivity contribution is 7.95. The van der Waals surface area contributed by atoms with E-state index in [9.17, 15) is 4.21 Å². The molecule has 0 N–H and O–H groups in total. The maximum Gasteiger partial charge on any atom is 0.120 e. The van der Waals surface area contributed by atoms with Gasteiger partial charge in [0.1, 0.15) is 11.5 Å². The van der Waals surface area contributed by atoms with Crippen molar-refractivity contribution in [2.24, 2.45) is 0 Å². The Labute approximate surface area is 126 Å². The topological polar surface area (TPSA) is 35.5 Å². The summed E-state index contributed by atoms with van der Waals surface area (Å²) in [7, 11) is 2.07. The summed E-state index contributed by atoms with van der Waals surface area (Å²) >= 11 is 0. The van der Waals surface area contributed by atoms with Crippen LogP contribution in [0, 0.1) is 0 Å². The van der Waals surface area contributed by atoms with Crippen molar-refractivity contribution >= 4 is 21.3 Å². The Morgan fingerprint density at radius 3 is 2.14 bits per heavy atom. The van der Waals surface area contributed by atoms with Crippen molar-refractivity contribution in [1.82, 2.24) is 0 Å². The Hall–Kier alpha value is -2.07. The molecular formula is C17H16O3S. The van der Waals surface area contributed by atoms with Gasteiger partial charge in [-0.25, -0.2) is 4.21 Å². The largest absolute Gasteiger partial charge is 0.497 e. The molecular weight excluding hydrogens is 284 g/mol. The van der Waals surface area contributed by atoms with Gasteiger partial charge in [0.25, 0.3) is 0 Å². The lowest BCUT2D eigenvalue weighted by atomic mass is 10.0. The molecule has 0 saturated carbocycles. The summed E-state index contributed by atoms with van der Waals surface area (Å²) in [5.74, 6) is 1.52. The van der Waals surface area contributed by atoms with Crippen LogP contribution in [0.3, 0.4) is 0 Å². The van der Waals surface area contributed by atoms with Crippen LogP contribution in [0.1, 0.15) is 18.1 Å². The van der Waals surface area contributed by atoms with E-state index in [1.54, 1.807) is 14.2 Å². The third-order valence-corrected chi connectivity index (χ3v) is 5.32. The molecule has 0 fully saturated rings. The Morgan fingerprint density at radius 1 is 0.905 bits per heavy atom. The van der Waals surface area contributed by atoms with Crippen molar-refractivity contribution < 1.29 is 13.7 Å². The molecule has 0 spiro atoms. The van der Waals surface area contributed by atoms with E-state index in [0.717, 1.165) is 38.0 Å².